The van der Waals surface area contributed by atoms with Crippen LogP contribution in [-0.2, 0) is 0 Å². The minimum Gasteiger partial charge on any atom is -0.495 e. The predicted octanol–water partition coefficient (Wildman–Crippen LogP) is 2.36. The monoisotopic (exact) mass is 256 g/mol. The number of halogens is 1. The second kappa shape index (κ2) is 5.04. The fraction of sp³-hybridized carbons (Fsp3) is 0.500. The number of anilines is 2. The van der Waals surface area contributed by atoms with Crippen LogP contribution >= 0.6 is 11.8 Å². The van der Waals surface area contributed by atoms with E-state index < -0.39 is 0 Å². The zero-order valence-corrected chi connectivity index (χ0v) is 10.9. The fourth-order valence-corrected chi connectivity index (χ4v) is 3.05. The first-order valence-corrected chi connectivity index (χ1v) is 6.76. The van der Waals surface area contributed by atoms with Crippen molar-refractivity contribution >= 4 is 23.1 Å². The van der Waals surface area contributed by atoms with E-state index in [0.29, 0.717) is 23.2 Å². The van der Waals surface area contributed by atoms with Gasteiger partial charge in [0.05, 0.1) is 18.5 Å². The highest BCUT2D eigenvalue weighted by Gasteiger charge is 2.22. The number of ether oxygens (including phenoxy) is 1. The molecule has 0 bridgehead atoms. The molecule has 1 aromatic carbocycles. The van der Waals surface area contributed by atoms with E-state index in [1.807, 2.05) is 11.8 Å². The Morgan fingerprint density at radius 2 is 2.29 bits per heavy atom. The Labute approximate surface area is 105 Å². The molecule has 1 aromatic rings. The molecule has 1 saturated heterocycles. The van der Waals surface area contributed by atoms with E-state index in [0.717, 1.165) is 18.1 Å². The molecular formula is C12H17FN2OS. The van der Waals surface area contributed by atoms with Gasteiger partial charge in [-0.1, -0.05) is 0 Å². The number of nitrogens with two attached hydrogens (primary N) is 1. The Morgan fingerprint density at radius 1 is 1.53 bits per heavy atom. The number of hydrogen-bond acceptors (Lipinski definition) is 4. The van der Waals surface area contributed by atoms with Crippen LogP contribution in [0.4, 0.5) is 15.8 Å². The Hall–Kier alpha value is -1.10. The summed E-state index contributed by atoms with van der Waals surface area (Å²) < 4.78 is 19.1. The van der Waals surface area contributed by atoms with Gasteiger partial charge in [-0.3, -0.25) is 0 Å². The maximum Gasteiger partial charge on any atom is 0.148 e. The molecule has 0 spiro atoms. The summed E-state index contributed by atoms with van der Waals surface area (Å²) in [5.41, 5.74) is 6.60. The lowest BCUT2D eigenvalue weighted by Gasteiger charge is -2.35. The Kier molecular flexibility index (Phi) is 3.66. The van der Waals surface area contributed by atoms with E-state index in [4.69, 9.17) is 10.5 Å². The number of hydrogen-bond donors (Lipinski definition) is 1. The van der Waals surface area contributed by atoms with Crippen molar-refractivity contribution in [3.63, 3.8) is 0 Å². The third-order valence-electron chi connectivity index (χ3n) is 2.98. The van der Waals surface area contributed by atoms with Crippen molar-refractivity contribution in [1.82, 2.24) is 0 Å². The molecule has 0 saturated carbocycles. The molecule has 0 aromatic heterocycles. The molecule has 1 aliphatic heterocycles. The molecule has 94 valence electrons. The lowest BCUT2D eigenvalue weighted by molar-refractivity contribution is 0.415. The first kappa shape index (κ1) is 12.4. The SMILES string of the molecule is COc1cc(N2CCSCC2C)c(F)cc1N. The van der Waals surface area contributed by atoms with Crippen LogP contribution in [0.3, 0.4) is 0 Å². The summed E-state index contributed by atoms with van der Waals surface area (Å²) in [7, 11) is 1.54. The highest BCUT2D eigenvalue weighted by atomic mass is 32.2. The quantitative estimate of drug-likeness (QED) is 0.824. The van der Waals surface area contributed by atoms with E-state index in [2.05, 4.69) is 11.8 Å². The summed E-state index contributed by atoms with van der Waals surface area (Å²) in [5, 5.41) is 0. The van der Waals surface area contributed by atoms with E-state index in [9.17, 15) is 4.39 Å². The molecule has 2 N–H and O–H groups in total. The summed E-state index contributed by atoms with van der Waals surface area (Å²) in [5.74, 6) is 2.30. The maximum absolute atomic E-state index is 13.9. The van der Waals surface area contributed by atoms with Crippen molar-refractivity contribution in [2.45, 2.75) is 13.0 Å². The molecule has 1 heterocycles. The lowest BCUT2D eigenvalue weighted by Crippen LogP contribution is -2.40. The molecule has 0 radical (unpaired) electrons. The van der Waals surface area contributed by atoms with Gasteiger partial charge >= 0.3 is 0 Å². The molecule has 1 unspecified atom stereocenters. The van der Waals surface area contributed by atoms with Gasteiger partial charge < -0.3 is 15.4 Å². The Balaban J connectivity index is 2.36. The lowest BCUT2D eigenvalue weighted by atomic mass is 10.2. The van der Waals surface area contributed by atoms with Gasteiger partial charge in [0.25, 0.3) is 0 Å². The summed E-state index contributed by atoms with van der Waals surface area (Å²) in [6.45, 7) is 2.96. The van der Waals surface area contributed by atoms with E-state index in [1.165, 1.54) is 6.07 Å². The normalized spacial score (nSPS) is 20.4. The summed E-state index contributed by atoms with van der Waals surface area (Å²) in [6.07, 6.45) is 0. The van der Waals surface area contributed by atoms with Crippen LogP contribution in [-0.4, -0.2) is 31.2 Å². The largest absolute Gasteiger partial charge is 0.495 e. The van der Waals surface area contributed by atoms with Crippen LogP contribution in [0.15, 0.2) is 12.1 Å². The zero-order chi connectivity index (χ0) is 12.4. The summed E-state index contributed by atoms with van der Waals surface area (Å²) in [6, 6.07) is 3.36. The first-order valence-electron chi connectivity index (χ1n) is 5.61. The van der Waals surface area contributed by atoms with Crippen molar-refractivity contribution in [3.05, 3.63) is 17.9 Å². The molecule has 1 atom stereocenters. The van der Waals surface area contributed by atoms with Crippen molar-refractivity contribution in [3.8, 4) is 5.75 Å². The predicted molar refractivity (Wildman–Crippen MR) is 71.5 cm³/mol. The molecule has 0 aliphatic carbocycles. The van der Waals surface area contributed by atoms with Crippen molar-refractivity contribution < 1.29 is 9.13 Å². The van der Waals surface area contributed by atoms with Crippen LogP contribution in [0, 0.1) is 5.82 Å². The second-order valence-corrected chi connectivity index (χ2v) is 5.31. The zero-order valence-electron chi connectivity index (χ0n) is 10.1. The van der Waals surface area contributed by atoms with Gasteiger partial charge in [-0.2, -0.15) is 11.8 Å². The third-order valence-corrected chi connectivity index (χ3v) is 4.17. The standard InChI is InChI=1S/C12H17FN2OS/c1-8-7-17-4-3-15(8)11-6-12(16-2)10(14)5-9(11)13/h5-6,8H,3-4,7,14H2,1-2H3. The number of nitrogen functional groups attached to an aromatic ring is 1. The topological polar surface area (TPSA) is 38.5 Å². The maximum atomic E-state index is 13.9. The number of thioether (sulfide) groups is 1. The minimum atomic E-state index is -0.276. The number of nitrogens with zero attached hydrogens (tertiary/aromatic N) is 1. The van der Waals surface area contributed by atoms with Gasteiger partial charge in [0.1, 0.15) is 11.6 Å². The number of benzene rings is 1. The van der Waals surface area contributed by atoms with Gasteiger partial charge in [0, 0.05) is 36.2 Å². The molecule has 3 nitrogen and oxygen atoms in total. The molecule has 0 amide bonds. The number of methoxy groups -OCH3 is 1. The van der Waals surface area contributed by atoms with Gasteiger partial charge in [0.2, 0.25) is 0 Å². The average molecular weight is 256 g/mol. The van der Waals surface area contributed by atoms with Crippen LogP contribution in [0.25, 0.3) is 0 Å². The fourth-order valence-electron chi connectivity index (χ4n) is 2.04. The minimum absolute atomic E-state index is 0.276. The third kappa shape index (κ3) is 2.44. The molecule has 5 heteroatoms. The second-order valence-electron chi connectivity index (χ2n) is 4.16. The molecule has 2 rings (SSSR count). The molecular weight excluding hydrogens is 239 g/mol. The van der Waals surface area contributed by atoms with E-state index in [1.54, 1.807) is 13.2 Å². The smallest absolute Gasteiger partial charge is 0.148 e. The molecule has 17 heavy (non-hydrogen) atoms. The average Bonchev–Trinajstić information content (AvgIpc) is 2.31. The highest BCUT2D eigenvalue weighted by molar-refractivity contribution is 7.99. The Bertz CT molecular complexity index is 414. The first-order chi connectivity index (χ1) is 8.13. The van der Waals surface area contributed by atoms with Gasteiger partial charge in [-0.15, -0.1) is 0 Å². The van der Waals surface area contributed by atoms with E-state index in [-0.39, 0.29) is 5.82 Å². The highest BCUT2D eigenvalue weighted by Crippen LogP contribution is 2.33. The van der Waals surface area contributed by atoms with Crippen LogP contribution in [0.2, 0.25) is 0 Å². The van der Waals surface area contributed by atoms with E-state index >= 15 is 0 Å². The summed E-state index contributed by atoms with van der Waals surface area (Å²) >= 11 is 1.90. The number of rotatable bonds is 2. The summed E-state index contributed by atoms with van der Waals surface area (Å²) in [4.78, 5) is 2.08. The van der Waals surface area contributed by atoms with Gasteiger partial charge in [-0.25, -0.2) is 4.39 Å². The van der Waals surface area contributed by atoms with Crippen LogP contribution in [0.5, 0.6) is 5.75 Å². The molecule has 1 fully saturated rings. The van der Waals surface area contributed by atoms with Gasteiger partial charge in [-0.05, 0) is 6.92 Å². The Morgan fingerprint density at radius 3 is 2.94 bits per heavy atom. The van der Waals surface area contributed by atoms with Gasteiger partial charge in [0.15, 0.2) is 0 Å². The van der Waals surface area contributed by atoms with Crippen LogP contribution < -0.4 is 15.4 Å². The van der Waals surface area contributed by atoms with Crippen molar-refractivity contribution in [1.29, 1.82) is 0 Å². The van der Waals surface area contributed by atoms with Crippen molar-refractivity contribution in [2.75, 3.05) is 35.8 Å². The molecule has 1 aliphatic rings. The van der Waals surface area contributed by atoms with Crippen LogP contribution in [0.1, 0.15) is 6.92 Å². The van der Waals surface area contributed by atoms with Crippen molar-refractivity contribution in [2.24, 2.45) is 0 Å².